The van der Waals surface area contributed by atoms with Crippen LogP contribution < -0.4 is 0 Å². The third-order valence-corrected chi connectivity index (χ3v) is 11.1. The first-order chi connectivity index (χ1) is 25.8. The Hall–Kier alpha value is -6.62. The smallest absolute Gasteiger partial charge is 0.145 e. The minimum atomic E-state index is 0.924. The van der Waals surface area contributed by atoms with Gasteiger partial charge in [0.25, 0.3) is 0 Å². The summed E-state index contributed by atoms with van der Waals surface area (Å²) in [5.74, 6) is 0.924. The first-order valence-corrected chi connectivity index (χ1v) is 18.3. The number of pyridine rings is 1. The molecule has 0 radical (unpaired) electrons. The van der Waals surface area contributed by atoms with E-state index in [1.54, 1.807) is 0 Å². The Bertz CT molecular complexity index is 2870. The van der Waals surface area contributed by atoms with Crippen molar-refractivity contribution in [3.63, 3.8) is 0 Å². The molecule has 3 aromatic heterocycles. The van der Waals surface area contributed by atoms with Gasteiger partial charge in [0.1, 0.15) is 5.82 Å². The number of hydrogen-bond donors (Lipinski definition) is 0. The Morgan fingerprint density at radius 2 is 1.02 bits per heavy atom. The minimum Gasteiger partial charge on any atom is -0.292 e. The lowest BCUT2D eigenvalue weighted by atomic mass is 9.93. The molecule has 3 heterocycles. The van der Waals surface area contributed by atoms with Crippen molar-refractivity contribution in [2.24, 2.45) is 0 Å². The van der Waals surface area contributed by atoms with Crippen LogP contribution in [0.25, 0.3) is 93.0 Å². The molecule has 10 rings (SSSR count). The van der Waals surface area contributed by atoms with E-state index in [-0.39, 0.29) is 0 Å². The van der Waals surface area contributed by atoms with Gasteiger partial charge in [0.2, 0.25) is 0 Å². The molecule has 0 bridgehead atoms. The maximum atomic E-state index is 5.36. The molecule has 244 valence electrons. The van der Waals surface area contributed by atoms with Gasteiger partial charge in [-0.2, -0.15) is 0 Å². The predicted octanol–water partition coefficient (Wildman–Crippen LogP) is 13.1. The first kappa shape index (κ1) is 30.2. The molecule has 3 nitrogen and oxygen atoms in total. The fraction of sp³-hybridized carbons (Fsp3) is 0. The molecular weight excluding hydrogens is 651 g/mol. The van der Waals surface area contributed by atoms with E-state index in [4.69, 9.17) is 9.97 Å². The van der Waals surface area contributed by atoms with Crippen LogP contribution in [0.4, 0.5) is 0 Å². The number of thiophene rings is 1. The second kappa shape index (κ2) is 12.6. The van der Waals surface area contributed by atoms with E-state index in [1.165, 1.54) is 42.6 Å². The second-order valence-electron chi connectivity index (χ2n) is 13.0. The molecule has 0 aliphatic heterocycles. The number of aromatic nitrogens is 3. The summed E-state index contributed by atoms with van der Waals surface area (Å²) < 4.78 is 3.50. The van der Waals surface area contributed by atoms with Crippen molar-refractivity contribution >= 4 is 43.4 Å². The van der Waals surface area contributed by atoms with E-state index in [1.807, 2.05) is 11.3 Å². The quantitative estimate of drug-likeness (QED) is 0.175. The van der Waals surface area contributed by atoms with E-state index in [0.717, 1.165) is 50.4 Å². The zero-order chi connectivity index (χ0) is 34.4. The fourth-order valence-corrected chi connectivity index (χ4v) is 8.75. The molecule has 7 aromatic carbocycles. The van der Waals surface area contributed by atoms with Crippen LogP contribution in [0.2, 0.25) is 0 Å². The number of hydrogen-bond acceptors (Lipinski definition) is 3. The van der Waals surface area contributed by atoms with Crippen LogP contribution in [0.1, 0.15) is 0 Å². The van der Waals surface area contributed by atoms with Gasteiger partial charge >= 0.3 is 0 Å². The highest BCUT2D eigenvalue weighted by Crippen LogP contribution is 2.50. The Balaban J connectivity index is 1.22. The molecule has 0 aliphatic carbocycles. The van der Waals surface area contributed by atoms with Crippen LogP contribution in [0.5, 0.6) is 0 Å². The maximum absolute atomic E-state index is 5.36. The fourth-order valence-electron chi connectivity index (χ4n) is 7.38. The summed E-state index contributed by atoms with van der Waals surface area (Å²) >= 11 is 1.86. The van der Waals surface area contributed by atoms with Gasteiger partial charge in [-0.3, -0.25) is 4.57 Å². The zero-order valence-electron chi connectivity index (χ0n) is 28.1. The summed E-state index contributed by atoms with van der Waals surface area (Å²) in [5.41, 5.74) is 13.3. The first-order valence-electron chi connectivity index (χ1n) is 17.5. The minimum absolute atomic E-state index is 0.924. The summed E-state index contributed by atoms with van der Waals surface area (Å²) in [7, 11) is 0. The van der Waals surface area contributed by atoms with Gasteiger partial charge in [-0.05, 0) is 58.7 Å². The average Bonchev–Trinajstić information content (AvgIpc) is 3.82. The SMILES string of the molecule is c1ccc(-c2cccc(-c3c(-c4ccc(-c5nc6ccccc6n5-c5ccccc5)cc4)sc4c3c(-c3ccccc3)nc3ccccc34)c2)cc1. The van der Waals surface area contributed by atoms with E-state index >= 15 is 0 Å². The molecule has 0 spiro atoms. The Morgan fingerprint density at radius 1 is 0.423 bits per heavy atom. The van der Waals surface area contributed by atoms with E-state index < -0.39 is 0 Å². The monoisotopic (exact) mass is 681 g/mol. The van der Waals surface area contributed by atoms with Crippen molar-refractivity contribution in [1.29, 1.82) is 0 Å². The maximum Gasteiger partial charge on any atom is 0.145 e. The molecule has 0 saturated carbocycles. The Labute approximate surface area is 305 Å². The van der Waals surface area contributed by atoms with Gasteiger partial charge in [-0.25, -0.2) is 9.97 Å². The number of para-hydroxylation sites is 4. The van der Waals surface area contributed by atoms with Gasteiger partial charge in [0, 0.05) is 42.7 Å². The lowest BCUT2D eigenvalue weighted by Crippen LogP contribution is -1.97. The largest absolute Gasteiger partial charge is 0.292 e. The highest BCUT2D eigenvalue weighted by atomic mass is 32.1. The predicted molar refractivity (Wildman–Crippen MR) is 219 cm³/mol. The highest BCUT2D eigenvalue weighted by molar-refractivity contribution is 7.24. The van der Waals surface area contributed by atoms with Crippen LogP contribution in [0, 0.1) is 0 Å². The van der Waals surface area contributed by atoms with Gasteiger partial charge in [0.05, 0.1) is 22.2 Å². The van der Waals surface area contributed by atoms with Crippen molar-refractivity contribution in [1.82, 2.24) is 14.5 Å². The zero-order valence-corrected chi connectivity index (χ0v) is 29.0. The van der Waals surface area contributed by atoms with Crippen molar-refractivity contribution < 1.29 is 0 Å². The van der Waals surface area contributed by atoms with E-state index in [9.17, 15) is 0 Å². The lowest BCUT2D eigenvalue weighted by Gasteiger charge is -2.12. The molecule has 0 N–H and O–H groups in total. The summed E-state index contributed by atoms with van der Waals surface area (Å²) in [6.07, 6.45) is 0. The van der Waals surface area contributed by atoms with E-state index in [0.29, 0.717) is 0 Å². The molecule has 0 saturated heterocycles. The second-order valence-corrected chi connectivity index (χ2v) is 14.0. The number of rotatable bonds is 6. The van der Waals surface area contributed by atoms with Crippen LogP contribution in [-0.4, -0.2) is 14.5 Å². The number of nitrogens with zero attached hydrogens (tertiary/aromatic N) is 3. The molecular formula is C48H31N3S. The molecule has 0 unspecified atom stereocenters. The number of imidazole rings is 1. The highest BCUT2D eigenvalue weighted by Gasteiger charge is 2.23. The molecule has 0 aliphatic rings. The van der Waals surface area contributed by atoms with Gasteiger partial charge in [-0.1, -0.05) is 152 Å². The van der Waals surface area contributed by atoms with Crippen molar-refractivity contribution in [3.05, 3.63) is 188 Å². The number of benzene rings is 7. The molecule has 0 amide bonds. The van der Waals surface area contributed by atoms with Crippen molar-refractivity contribution in [3.8, 4) is 61.0 Å². The van der Waals surface area contributed by atoms with Crippen molar-refractivity contribution in [2.75, 3.05) is 0 Å². The molecule has 0 fully saturated rings. The summed E-state index contributed by atoms with van der Waals surface area (Å²) in [5, 5.41) is 2.35. The van der Waals surface area contributed by atoms with Crippen LogP contribution in [-0.2, 0) is 0 Å². The normalized spacial score (nSPS) is 11.5. The topological polar surface area (TPSA) is 30.7 Å². The van der Waals surface area contributed by atoms with Crippen LogP contribution >= 0.6 is 11.3 Å². The standard InChI is InChI=1S/C48H31N3S/c1-4-15-32(16-5-1)36-19-14-20-37(31-36)43-44-45(33-17-6-2-7-18-33)49-40-24-11-10-23-39(40)47(44)52-46(43)34-27-29-35(30-28-34)48-50-41-25-12-13-26-42(41)51(48)38-21-8-3-9-22-38/h1-31H. The summed E-state index contributed by atoms with van der Waals surface area (Å²) in [6.45, 7) is 0. The van der Waals surface area contributed by atoms with Gasteiger partial charge in [0.15, 0.2) is 0 Å². The van der Waals surface area contributed by atoms with Gasteiger partial charge < -0.3 is 0 Å². The van der Waals surface area contributed by atoms with E-state index in [2.05, 4.69) is 193 Å². The van der Waals surface area contributed by atoms with Crippen molar-refractivity contribution in [2.45, 2.75) is 0 Å². The molecule has 52 heavy (non-hydrogen) atoms. The van der Waals surface area contributed by atoms with Crippen LogP contribution in [0.3, 0.4) is 0 Å². The third kappa shape index (κ3) is 5.12. The summed E-state index contributed by atoms with van der Waals surface area (Å²) in [6, 6.07) is 66.6. The van der Waals surface area contributed by atoms with Crippen LogP contribution in [0.15, 0.2) is 188 Å². The lowest BCUT2D eigenvalue weighted by molar-refractivity contribution is 1.10. The number of fused-ring (bicyclic) bond motifs is 4. The Morgan fingerprint density at radius 3 is 1.79 bits per heavy atom. The molecule has 0 atom stereocenters. The average molecular weight is 682 g/mol. The molecule has 4 heteroatoms. The Kier molecular flexibility index (Phi) is 7.33. The molecule has 10 aromatic rings. The van der Waals surface area contributed by atoms with Gasteiger partial charge in [-0.15, -0.1) is 11.3 Å². The summed E-state index contributed by atoms with van der Waals surface area (Å²) in [4.78, 5) is 11.7. The third-order valence-electron chi connectivity index (χ3n) is 9.81.